The van der Waals surface area contributed by atoms with E-state index in [1.807, 2.05) is 20.8 Å². The normalized spacial score (nSPS) is 11.4. The average molecular weight is 198 g/mol. The summed E-state index contributed by atoms with van der Waals surface area (Å²) in [6.07, 6.45) is 1.41. The quantitative estimate of drug-likeness (QED) is 0.778. The lowest BCUT2D eigenvalue weighted by atomic mass is 10.1. The summed E-state index contributed by atoms with van der Waals surface area (Å²) in [6.45, 7) is 5.64. The minimum absolute atomic E-state index is 0.0833. The van der Waals surface area contributed by atoms with Gasteiger partial charge < -0.3 is 9.84 Å². The first-order valence-electron chi connectivity index (χ1n) is 4.23. The third-order valence-electron chi connectivity index (χ3n) is 1.79. The monoisotopic (exact) mass is 198 g/mol. The second-order valence-corrected chi connectivity index (χ2v) is 3.95. The zero-order chi connectivity index (χ0) is 10.9. The van der Waals surface area contributed by atoms with E-state index in [-0.39, 0.29) is 17.0 Å². The Balaban J connectivity index is 3.32. The van der Waals surface area contributed by atoms with E-state index >= 15 is 0 Å². The summed E-state index contributed by atoms with van der Waals surface area (Å²) in [5.74, 6) is -0.748. The summed E-state index contributed by atoms with van der Waals surface area (Å²) < 4.78 is 6.36. The molecule has 0 spiro atoms. The molecule has 0 amide bonds. The van der Waals surface area contributed by atoms with Crippen LogP contribution in [0.2, 0.25) is 0 Å². The van der Waals surface area contributed by atoms with Gasteiger partial charge in [-0.3, -0.25) is 0 Å². The predicted octanol–water partition coefficient (Wildman–Crippen LogP) is 1.34. The SMILES string of the molecule is COc1cnn(C(C)(C)C)c1C(=O)O. The third-order valence-corrected chi connectivity index (χ3v) is 1.79. The molecule has 0 saturated carbocycles. The summed E-state index contributed by atoms with van der Waals surface area (Å²) in [5.41, 5.74) is -0.287. The first kappa shape index (κ1) is 10.6. The van der Waals surface area contributed by atoms with Crippen molar-refractivity contribution in [2.75, 3.05) is 7.11 Å². The predicted molar refractivity (Wildman–Crippen MR) is 50.7 cm³/mol. The molecular weight excluding hydrogens is 184 g/mol. The fourth-order valence-electron chi connectivity index (χ4n) is 1.19. The number of hydrogen-bond donors (Lipinski definition) is 1. The van der Waals surface area contributed by atoms with Gasteiger partial charge in [0.05, 0.1) is 18.8 Å². The molecule has 5 heteroatoms. The zero-order valence-electron chi connectivity index (χ0n) is 8.74. The van der Waals surface area contributed by atoms with Crippen LogP contribution >= 0.6 is 0 Å². The van der Waals surface area contributed by atoms with E-state index in [9.17, 15) is 4.79 Å². The van der Waals surface area contributed by atoms with Gasteiger partial charge in [0.15, 0.2) is 11.4 Å². The Morgan fingerprint density at radius 2 is 2.14 bits per heavy atom. The van der Waals surface area contributed by atoms with Gasteiger partial charge in [0, 0.05) is 0 Å². The molecule has 0 aliphatic heterocycles. The third kappa shape index (κ3) is 1.71. The van der Waals surface area contributed by atoms with Gasteiger partial charge in [-0.1, -0.05) is 0 Å². The highest BCUT2D eigenvalue weighted by molar-refractivity contribution is 5.88. The molecule has 0 unspecified atom stereocenters. The number of aromatic carboxylic acids is 1. The molecule has 0 bridgehead atoms. The van der Waals surface area contributed by atoms with Crippen LogP contribution in [0.1, 0.15) is 31.3 Å². The standard InChI is InChI=1S/C9H14N2O3/c1-9(2,3)11-7(8(12)13)6(14-4)5-10-11/h5H,1-4H3,(H,12,13). The second-order valence-electron chi connectivity index (χ2n) is 3.95. The summed E-state index contributed by atoms with van der Waals surface area (Å²) in [7, 11) is 1.43. The zero-order valence-corrected chi connectivity index (χ0v) is 8.74. The van der Waals surface area contributed by atoms with Crippen molar-refractivity contribution in [1.82, 2.24) is 9.78 Å². The topological polar surface area (TPSA) is 64.4 Å². The van der Waals surface area contributed by atoms with Crippen molar-refractivity contribution in [3.8, 4) is 5.75 Å². The van der Waals surface area contributed by atoms with Gasteiger partial charge in [0.25, 0.3) is 0 Å². The molecule has 0 aromatic carbocycles. The summed E-state index contributed by atoms with van der Waals surface area (Å²) >= 11 is 0. The molecule has 1 N–H and O–H groups in total. The Kier molecular flexibility index (Phi) is 2.51. The molecule has 14 heavy (non-hydrogen) atoms. The fourth-order valence-corrected chi connectivity index (χ4v) is 1.19. The highest BCUT2D eigenvalue weighted by Crippen LogP contribution is 2.23. The van der Waals surface area contributed by atoms with E-state index in [1.54, 1.807) is 0 Å². The van der Waals surface area contributed by atoms with E-state index in [0.29, 0.717) is 0 Å². The lowest BCUT2D eigenvalue weighted by Crippen LogP contribution is -2.27. The second kappa shape index (κ2) is 3.32. The largest absolute Gasteiger partial charge is 0.493 e. The van der Waals surface area contributed by atoms with Gasteiger partial charge in [-0.05, 0) is 20.8 Å². The highest BCUT2D eigenvalue weighted by Gasteiger charge is 2.25. The number of nitrogens with zero attached hydrogens (tertiary/aromatic N) is 2. The molecule has 78 valence electrons. The van der Waals surface area contributed by atoms with Crippen molar-refractivity contribution in [2.45, 2.75) is 26.3 Å². The Hall–Kier alpha value is -1.52. The molecule has 0 aliphatic rings. The maximum atomic E-state index is 11.0. The van der Waals surface area contributed by atoms with Crippen LogP contribution in [0.5, 0.6) is 5.75 Å². The molecule has 1 heterocycles. The number of carbonyl (C=O) groups is 1. The molecule has 0 aliphatic carbocycles. The summed E-state index contributed by atoms with van der Waals surface area (Å²) in [5, 5.41) is 13.0. The molecule has 1 aromatic rings. The smallest absolute Gasteiger partial charge is 0.358 e. The molecule has 0 radical (unpaired) electrons. The van der Waals surface area contributed by atoms with Crippen LogP contribution in [0, 0.1) is 0 Å². The molecule has 1 rings (SSSR count). The van der Waals surface area contributed by atoms with Gasteiger partial charge in [0.1, 0.15) is 0 Å². The molecular formula is C9H14N2O3. The van der Waals surface area contributed by atoms with E-state index in [1.165, 1.54) is 18.0 Å². The highest BCUT2D eigenvalue weighted by atomic mass is 16.5. The minimum Gasteiger partial charge on any atom is -0.493 e. The van der Waals surface area contributed by atoms with Crippen LogP contribution in [0.15, 0.2) is 6.20 Å². The number of carboxylic acid groups (broad SMARTS) is 1. The number of carboxylic acids is 1. The number of hydrogen-bond acceptors (Lipinski definition) is 3. The van der Waals surface area contributed by atoms with Gasteiger partial charge >= 0.3 is 5.97 Å². The maximum Gasteiger partial charge on any atom is 0.358 e. The molecule has 0 saturated heterocycles. The Bertz CT molecular complexity index is 349. The summed E-state index contributed by atoms with van der Waals surface area (Å²) in [6, 6.07) is 0. The van der Waals surface area contributed by atoms with Crippen LogP contribution in [0.4, 0.5) is 0 Å². The Labute approximate surface area is 82.3 Å². The molecule has 1 aromatic heterocycles. The molecule has 0 atom stereocenters. The molecule has 0 fully saturated rings. The lowest BCUT2D eigenvalue weighted by molar-refractivity contribution is 0.0670. The van der Waals surface area contributed by atoms with Crippen LogP contribution in [0.25, 0.3) is 0 Å². The maximum absolute atomic E-state index is 11.0. The van der Waals surface area contributed by atoms with Crippen molar-refractivity contribution in [1.29, 1.82) is 0 Å². The van der Waals surface area contributed by atoms with Crippen molar-refractivity contribution < 1.29 is 14.6 Å². The van der Waals surface area contributed by atoms with E-state index in [4.69, 9.17) is 9.84 Å². The van der Waals surface area contributed by atoms with Crippen molar-refractivity contribution in [2.24, 2.45) is 0 Å². The van der Waals surface area contributed by atoms with Crippen LogP contribution in [-0.2, 0) is 5.54 Å². The van der Waals surface area contributed by atoms with E-state index in [2.05, 4.69) is 5.10 Å². The first-order valence-corrected chi connectivity index (χ1v) is 4.23. The molecule has 5 nitrogen and oxygen atoms in total. The van der Waals surface area contributed by atoms with Crippen molar-refractivity contribution >= 4 is 5.97 Å². The lowest BCUT2D eigenvalue weighted by Gasteiger charge is -2.20. The first-order chi connectivity index (χ1) is 6.38. The fraction of sp³-hybridized carbons (Fsp3) is 0.556. The van der Waals surface area contributed by atoms with Gasteiger partial charge in [0.2, 0.25) is 0 Å². The number of rotatable bonds is 2. The number of methoxy groups -OCH3 is 1. The van der Waals surface area contributed by atoms with Gasteiger partial charge in [-0.25, -0.2) is 9.48 Å². The Morgan fingerprint density at radius 1 is 1.57 bits per heavy atom. The average Bonchev–Trinajstić information content (AvgIpc) is 2.45. The van der Waals surface area contributed by atoms with Gasteiger partial charge in [-0.2, -0.15) is 5.10 Å². The minimum atomic E-state index is -1.03. The van der Waals surface area contributed by atoms with Crippen LogP contribution < -0.4 is 4.74 Å². The van der Waals surface area contributed by atoms with Crippen molar-refractivity contribution in [3.05, 3.63) is 11.9 Å². The number of aromatic nitrogens is 2. The van der Waals surface area contributed by atoms with E-state index in [0.717, 1.165) is 0 Å². The van der Waals surface area contributed by atoms with Crippen molar-refractivity contribution in [3.63, 3.8) is 0 Å². The Morgan fingerprint density at radius 3 is 2.50 bits per heavy atom. The van der Waals surface area contributed by atoms with Crippen LogP contribution in [-0.4, -0.2) is 28.0 Å². The van der Waals surface area contributed by atoms with Gasteiger partial charge in [-0.15, -0.1) is 0 Å². The number of ether oxygens (including phenoxy) is 1. The van der Waals surface area contributed by atoms with Crippen LogP contribution in [0.3, 0.4) is 0 Å². The van der Waals surface area contributed by atoms with E-state index < -0.39 is 5.97 Å². The summed E-state index contributed by atoms with van der Waals surface area (Å²) in [4.78, 5) is 11.0.